The van der Waals surface area contributed by atoms with Crippen LogP contribution < -0.4 is 15.3 Å². The van der Waals surface area contributed by atoms with Gasteiger partial charge >= 0.3 is 44.8 Å². The van der Waals surface area contributed by atoms with Crippen LogP contribution in [0.15, 0.2) is 0 Å². The molecule has 0 heterocycles. The van der Waals surface area contributed by atoms with Gasteiger partial charge in [-0.3, -0.25) is 0 Å². The second-order valence-corrected chi connectivity index (χ2v) is 1.75. The molecule has 0 spiro atoms. The van der Waals surface area contributed by atoms with Crippen LogP contribution in [0.25, 0.3) is 0 Å². The summed E-state index contributed by atoms with van der Waals surface area (Å²) in [4.78, 5) is 26.1. The third kappa shape index (κ3) is 5520. The Bertz CT molecular complexity index is 124. The Balaban J connectivity index is -0.0000000270. The Morgan fingerprint density at radius 3 is 0.643 bits per heavy atom. The Morgan fingerprint density at radius 2 is 0.643 bits per heavy atom. The zero-order valence-electron chi connectivity index (χ0n) is 5.78. The van der Waals surface area contributed by atoms with Crippen LogP contribution in [0.3, 0.4) is 0 Å². The SMILES string of the molecule is O=C([O-])[S-].O=C([O-])[S-].O=C([O-])[S-].[Au+3].[Au+3]. The van der Waals surface area contributed by atoms with E-state index in [1.807, 2.05) is 0 Å². The van der Waals surface area contributed by atoms with Crippen LogP contribution in [0.4, 0.5) is 14.4 Å². The predicted molar refractivity (Wildman–Crippen MR) is 38.3 cm³/mol. The standard InChI is InChI=1S/3CH2O2S.2Au/c3*2-1(3)4;;/h3*4H,(H,2,3);;/q;;;2*+3/p-6. The summed E-state index contributed by atoms with van der Waals surface area (Å²) < 4.78 is 0. The summed E-state index contributed by atoms with van der Waals surface area (Å²) in [7, 11) is 0. The first kappa shape index (κ1) is 29.3. The zero-order valence-corrected chi connectivity index (χ0v) is 12.6. The summed E-state index contributed by atoms with van der Waals surface area (Å²) in [6, 6.07) is 0. The monoisotopic (exact) mass is 622 g/mol. The van der Waals surface area contributed by atoms with Crippen molar-refractivity contribution in [2.75, 3.05) is 0 Å². The average Bonchev–Trinajstić information content (AvgIpc) is 1.54. The van der Waals surface area contributed by atoms with E-state index in [2.05, 4.69) is 37.9 Å². The minimum Gasteiger partial charge on any atom is -0.764 e. The van der Waals surface area contributed by atoms with Crippen molar-refractivity contribution in [2.45, 2.75) is 0 Å². The molecule has 0 aromatic carbocycles. The van der Waals surface area contributed by atoms with Gasteiger partial charge in [0.25, 0.3) is 0 Å². The molecule has 0 aromatic heterocycles. The van der Waals surface area contributed by atoms with Crippen LogP contribution in [-0.4, -0.2) is 15.9 Å². The molecule has 0 amide bonds. The molecule has 0 aliphatic rings. The maximum atomic E-state index is 8.70. The van der Waals surface area contributed by atoms with Gasteiger partial charge in [0.05, 0.1) is 0 Å². The summed E-state index contributed by atoms with van der Waals surface area (Å²) >= 11 is 10.3. The van der Waals surface area contributed by atoms with E-state index in [4.69, 9.17) is 29.7 Å². The molecule has 0 N–H and O–H groups in total. The molecule has 0 saturated carbocycles. The molecule has 0 rings (SSSR count). The van der Waals surface area contributed by atoms with Gasteiger partial charge in [-0.05, 0) is 0 Å². The first-order chi connectivity index (χ1) is 5.20. The van der Waals surface area contributed by atoms with E-state index in [0.29, 0.717) is 0 Å². The summed E-state index contributed by atoms with van der Waals surface area (Å²) in [5.74, 6) is 0. The molecular weight excluding hydrogens is 622 g/mol. The minimum atomic E-state index is -1.50. The smallest absolute Gasteiger partial charge is 0.764 e. The maximum Gasteiger partial charge on any atom is 3.00 e. The van der Waals surface area contributed by atoms with Gasteiger partial charge in [-0.15, -0.1) is 0 Å². The van der Waals surface area contributed by atoms with Crippen molar-refractivity contribution >= 4 is 53.8 Å². The Morgan fingerprint density at radius 1 is 0.643 bits per heavy atom. The average molecular weight is 622 g/mol. The molecule has 0 unspecified atom stereocenters. The molecule has 0 bridgehead atoms. The molecule has 0 radical (unpaired) electrons. The molecular formula is C3Au2O6S3. The van der Waals surface area contributed by atoms with Crippen molar-refractivity contribution < 1.29 is 74.5 Å². The molecule has 6 nitrogen and oxygen atoms in total. The third-order valence-electron chi connectivity index (χ3n) is 0. The fourth-order valence-electron chi connectivity index (χ4n) is 0. The van der Waals surface area contributed by atoms with Crippen LogP contribution in [-0.2, 0) is 82.6 Å². The topological polar surface area (TPSA) is 120 Å². The minimum absolute atomic E-state index is 0. The number of carbonyl (C=O) groups is 3. The largest absolute Gasteiger partial charge is 3.00 e. The van der Waals surface area contributed by atoms with Crippen LogP contribution in [0.1, 0.15) is 0 Å². The van der Waals surface area contributed by atoms with Gasteiger partial charge < -0.3 is 67.6 Å². The van der Waals surface area contributed by atoms with Crippen molar-refractivity contribution in [1.82, 2.24) is 0 Å². The van der Waals surface area contributed by atoms with Crippen molar-refractivity contribution in [2.24, 2.45) is 0 Å². The number of carboxylic acid groups (broad SMARTS) is 3. The molecule has 14 heavy (non-hydrogen) atoms. The van der Waals surface area contributed by atoms with Gasteiger partial charge in [0.2, 0.25) is 0 Å². The van der Waals surface area contributed by atoms with E-state index < -0.39 is 15.9 Å². The zero-order chi connectivity index (χ0) is 10.7. The van der Waals surface area contributed by atoms with E-state index in [1.165, 1.54) is 0 Å². The maximum absolute atomic E-state index is 8.70. The Kier molecular flexibility index (Phi) is 49.0. The van der Waals surface area contributed by atoms with Crippen LogP contribution in [0.5, 0.6) is 0 Å². The van der Waals surface area contributed by atoms with Gasteiger partial charge in [-0.1, -0.05) is 15.9 Å². The molecule has 0 fully saturated rings. The van der Waals surface area contributed by atoms with Gasteiger partial charge in [-0.25, -0.2) is 0 Å². The molecule has 0 aromatic rings. The second kappa shape index (κ2) is 23.4. The molecule has 0 aliphatic carbocycles. The fourth-order valence-corrected chi connectivity index (χ4v) is 0. The van der Waals surface area contributed by atoms with Crippen molar-refractivity contribution in [3.63, 3.8) is 0 Å². The molecule has 0 atom stereocenters. The molecule has 88 valence electrons. The summed E-state index contributed by atoms with van der Waals surface area (Å²) in [6.45, 7) is 0. The van der Waals surface area contributed by atoms with Crippen molar-refractivity contribution in [3.8, 4) is 0 Å². The van der Waals surface area contributed by atoms with E-state index in [-0.39, 0.29) is 44.8 Å². The van der Waals surface area contributed by atoms with Crippen molar-refractivity contribution in [3.05, 3.63) is 0 Å². The first-order valence-electron chi connectivity index (χ1n) is 1.84. The third-order valence-corrected chi connectivity index (χ3v) is 0. The Hall–Kier alpha value is 0.551. The van der Waals surface area contributed by atoms with Gasteiger partial charge in [0, 0.05) is 0 Å². The quantitative estimate of drug-likeness (QED) is 0.202. The number of hydrogen-bond donors (Lipinski definition) is 0. The van der Waals surface area contributed by atoms with Gasteiger partial charge in [0.15, 0.2) is 0 Å². The Labute approximate surface area is 127 Å². The van der Waals surface area contributed by atoms with E-state index in [9.17, 15) is 0 Å². The summed E-state index contributed by atoms with van der Waals surface area (Å²) in [5.41, 5.74) is 0. The normalized spacial score (nSPS) is 5.14. The number of carbonyl (C=O) groups excluding carboxylic acids is 3. The van der Waals surface area contributed by atoms with E-state index in [0.717, 1.165) is 0 Å². The van der Waals surface area contributed by atoms with Crippen molar-refractivity contribution in [1.29, 1.82) is 0 Å². The number of rotatable bonds is 0. The summed E-state index contributed by atoms with van der Waals surface area (Å²) in [6.07, 6.45) is 0. The van der Waals surface area contributed by atoms with Gasteiger partial charge in [0.1, 0.15) is 0 Å². The van der Waals surface area contributed by atoms with Crippen LogP contribution >= 0.6 is 0 Å². The first-order valence-corrected chi connectivity index (χ1v) is 3.06. The molecule has 11 heteroatoms. The predicted octanol–water partition coefficient (Wildman–Crippen LogP) is -3.38. The van der Waals surface area contributed by atoms with Gasteiger partial charge in [-0.2, -0.15) is 0 Å². The van der Waals surface area contributed by atoms with E-state index in [1.54, 1.807) is 0 Å². The molecule has 0 aliphatic heterocycles. The number of hydrogen-bond acceptors (Lipinski definition) is 9. The summed E-state index contributed by atoms with van der Waals surface area (Å²) in [5, 5.41) is 21.6. The fraction of sp³-hybridized carbons (Fsp3) is 0. The van der Waals surface area contributed by atoms with Crippen LogP contribution in [0, 0.1) is 0 Å². The molecule has 0 saturated heterocycles. The second-order valence-electron chi connectivity index (χ2n) is 0.750. The van der Waals surface area contributed by atoms with Crippen LogP contribution in [0.2, 0.25) is 0 Å². The van der Waals surface area contributed by atoms with E-state index >= 15 is 0 Å².